The number of hydrogen-bond donors (Lipinski definition) is 2. The number of thioether (sulfide) groups is 1. The summed E-state index contributed by atoms with van der Waals surface area (Å²) in [5.74, 6) is -0.846. The molecular weight excluding hydrogens is 234 g/mol. The van der Waals surface area contributed by atoms with Gasteiger partial charge in [-0.2, -0.15) is 0 Å². The van der Waals surface area contributed by atoms with E-state index in [-0.39, 0.29) is 6.42 Å². The van der Waals surface area contributed by atoms with Gasteiger partial charge in [-0.1, -0.05) is 24.6 Å². The fourth-order valence-electron chi connectivity index (χ4n) is 1.86. The Kier molecular flexibility index (Phi) is 4.07. The molecule has 4 heteroatoms. The predicted molar refractivity (Wildman–Crippen MR) is 69.1 cm³/mol. The van der Waals surface area contributed by atoms with E-state index in [1.54, 1.807) is 0 Å². The molecule has 1 fully saturated rings. The minimum absolute atomic E-state index is 0.0117. The zero-order chi connectivity index (χ0) is 12.3. The highest BCUT2D eigenvalue weighted by molar-refractivity contribution is 8.00. The summed E-state index contributed by atoms with van der Waals surface area (Å²) in [7, 11) is 0. The molecular formula is C13H17NO2S. The van der Waals surface area contributed by atoms with Crippen LogP contribution in [0.3, 0.4) is 0 Å². The van der Waals surface area contributed by atoms with Crippen LogP contribution in [0.5, 0.6) is 0 Å². The van der Waals surface area contributed by atoms with Crippen LogP contribution < -0.4 is 5.73 Å². The van der Waals surface area contributed by atoms with E-state index in [0.717, 1.165) is 10.5 Å². The molecule has 1 aliphatic rings. The average Bonchev–Trinajstić information content (AvgIpc) is 2.23. The van der Waals surface area contributed by atoms with Crippen molar-refractivity contribution in [1.82, 2.24) is 0 Å². The van der Waals surface area contributed by atoms with Crippen LogP contribution in [0, 0.1) is 0 Å². The zero-order valence-corrected chi connectivity index (χ0v) is 10.5. The summed E-state index contributed by atoms with van der Waals surface area (Å²) in [5.41, 5.74) is 6.90. The van der Waals surface area contributed by atoms with Gasteiger partial charge in [0, 0.05) is 16.2 Å². The second-order valence-electron chi connectivity index (χ2n) is 4.41. The maximum atomic E-state index is 10.7. The van der Waals surface area contributed by atoms with Crippen molar-refractivity contribution in [3.8, 4) is 0 Å². The predicted octanol–water partition coefficient (Wildman–Crippen LogP) is 2.81. The van der Waals surface area contributed by atoms with Crippen molar-refractivity contribution in [1.29, 1.82) is 0 Å². The summed E-state index contributed by atoms with van der Waals surface area (Å²) in [5, 5.41) is 9.48. The molecule has 0 spiro atoms. The van der Waals surface area contributed by atoms with Crippen molar-refractivity contribution in [3.63, 3.8) is 0 Å². The minimum Gasteiger partial charge on any atom is -0.481 e. The van der Waals surface area contributed by atoms with Crippen LogP contribution in [-0.2, 0) is 4.79 Å². The molecule has 0 aliphatic heterocycles. The topological polar surface area (TPSA) is 63.3 Å². The number of hydrogen-bond acceptors (Lipinski definition) is 3. The lowest BCUT2D eigenvalue weighted by Gasteiger charge is -2.26. The van der Waals surface area contributed by atoms with Crippen molar-refractivity contribution >= 4 is 17.7 Å². The van der Waals surface area contributed by atoms with Crippen LogP contribution in [0.1, 0.15) is 37.3 Å². The first-order valence-corrected chi connectivity index (χ1v) is 6.77. The highest BCUT2D eigenvalue weighted by atomic mass is 32.2. The normalized spacial score (nSPS) is 17.5. The lowest BCUT2D eigenvalue weighted by Crippen LogP contribution is -2.17. The average molecular weight is 251 g/mol. The Balaban J connectivity index is 2.11. The number of rotatable bonds is 5. The van der Waals surface area contributed by atoms with E-state index in [4.69, 9.17) is 10.8 Å². The second kappa shape index (κ2) is 5.56. The summed E-state index contributed by atoms with van der Waals surface area (Å²) in [6.07, 6.45) is 3.81. The van der Waals surface area contributed by atoms with Gasteiger partial charge in [0.2, 0.25) is 0 Å². The van der Waals surface area contributed by atoms with E-state index in [2.05, 4.69) is 0 Å². The first-order valence-electron chi connectivity index (χ1n) is 5.90. The first-order chi connectivity index (χ1) is 8.16. The summed E-state index contributed by atoms with van der Waals surface area (Å²) in [6.45, 7) is 0. The van der Waals surface area contributed by atoms with E-state index in [9.17, 15) is 4.79 Å². The number of carboxylic acid groups (broad SMARTS) is 1. The highest BCUT2D eigenvalue weighted by Crippen LogP contribution is 2.39. The Morgan fingerprint density at radius 3 is 2.76 bits per heavy atom. The van der Waals surface area contributed by atoms with Crippen LogP contribution >= 0.6 is 11.8 Å². The van der Waals surface area contributed by atoms with E-state index < -0.39 is 12.0 Å². The summed E-state index contributed by atoms with van der Waals surface area (Å²) in [6, 6.07) is 7.48. The molecule has 3 nitrogen and oxygen atoms in total. The van der Waals surface area contributed by atoms with Crippen LogP contribution in [0.25, 0.3) is 0 Å². The molecule has 17 heavy (non-hydrogen) atoms. The van der Waals surface area contributed by atoms with Gasteiger partial charge in [-0.15, -0.1) is 11.8 Å². The maximum Gasteiger partial charge on any atom is 0.305 e. The molecule has 0 radical (unpaired) electrons. The Hall–Kier alpha value is -1.00. The third-order valence-electron chi connectivity index (χ3n) is 3.06. The Labute approximate surface area is 105 Å². The zero-order valence-electron chi connectivity index (χ0n) is 9.63. The van der Waals surface area contributed by atoms with E-state index in [1.807, 2.05) is 36.0 Å². The lowest BCUT2D eigenvalue weighted by molar-refractivity contribution is -0.137. The van der Waals surface area contributed by atoms with Gasteiger partial charge in [-0.25, -0.2) is 0 Å². The van der Waals surface area contributed by atoms with Crippen LogP contribution in [-0.4, -0.2) is 16.3 Å². The van der Waals surface area contributed by atoms with E-state index in [1.165, 1.54) is 19.3 Å². The first kappa shape index (κ1) is 12.5. The van der Waals surface area contributed by atoms with Gasteiger partial charge in [-0.05, 0) is 24.5 Å². The lowest BCUT2D eigenvalue weighted by atomic mass is 10.00. The quantitative estimate of drug-likeness (QED) is 0.844. The number of benzene rings is 1. The van der Waals surface area contributed by atoms with Crippen molar-refractivity contribution in [2.75, 3.05) is 0 Å². The van der Waals surface area contributed by atoms with Gasteiger partial charge in [0.25, 0.3) is 0 Å². The molecule has 1 aromatic carbocycles. The van der Waals surface area contributed by atoms with Crippen molar-refractivity contribution < 1.29 is 9.90 Å². The van der Waals surface area contributed by atoms with Gasteiger partial charge < -0.3 is 10.8 Å². The van der Waals surface area contributed by atoms with Crippen molar-refractivity contribution in [2.45, 2.75) is 41.9 Å². The number of carboxylic acids is 1. The van der Waals surface area contributed by atoms with Gasteiger partial charge in [-0.3, -0.25) is 4.79 Å². The van der Waals surface area contributed by atoms with E-state index >= 15 is 0 Å². The molecule has 0 heterocycles. The maximum absolute atomic E-state index is 10.7. The van der Waals surface area contributed by atoms with Gasteiger partial charge in [0.15, 0.2) is 0 Å². The molecule has 0 amide bonds. The largest absolute Gasteiger partial charge is 0.481 e. The molecule has 0 aromatic heterocycles. The Morgan fingerprint density at radius 1 is 1.47 bits per heavy atom. The SMILES string of the molecule is NC(CC(=O)O)c1ccccc1SC1CCC1. The molecule has 1 atom stereocenters. The Morgan fingerprint density at radius 2 is 2.18 bits per heavy atom. The molecule has 1 unspecified atom stereocenters. The monoisotopic (exact) mass is 251 g/mol. The van der Waals surface area contributed by atoms with Crippen LogP contribution in [0.2, 0.25) is 0 Å². The standard InChI is InChI=1S/C13H17NO2S/c14-11(8-13(15)16)10-6-1-2-7-12(10)17-9-4-3-5-9/h1-2,6-7,9,11H,3-5,8,14H2,(H,15,16). The third-order valence-corrected chi connectivity index (χ3v) is 4.49. The van der Waals surface area contributed by atoms with Gasteiger partial charge in [0.1, 0.15) is 0 Å². The van der Waals surface area contributed by atoms with Gasteiger partial charge in [0.05, 0.1) is 6.42 Å². The number of carbonyl (C=O) groups is 1. The molecule has 1 aliphatic carbocycles. The van der Waals surface area contributed by atoms with Gasteiger partial charge >= 0.3 is 5.97 Å². The number of aliphatic carboxylic acids is 1. The molecule has 92 valence electrons. The minimum atomic E-state index is -0.846. The van der Waals surface area contributed by atoms with Crippen LogP contribution in [0.4, 0.5) is 0 Å². The van der Waals surface area contributed by atoms with Crippen molar-refractivity contribution in [3.05, 3.63) is 29.8 Å². The number of nitrogens with two attached hydrogens (primary N) is 1. The van der Waals surface area contributed by atoms with Crippen molar-refractivity contribution in [2.24, 2.45) is 5.73 Å². The summed E-state index contributed by atoms with van der Waals surface area (Å²) < 4.78 is 0. The van der Waals surface area contributed by atoms with E-state index in [0.29, 0.717) is 5.25 Å². The fourth-order valence-corrected chi connectivity index (χ4v) is 3.30. The van der Waals surface area contributed by atoms with Crippen LogP contribution in [0.15, 0.2) is 29.2 Å². The second-order valence-corrected chi connectivity index (χ2v) is 5.76. The molecule has 1 saturated carbocycles. The molecule has 0 bridgehead atoms. The molecule has 3 N–H and O–H groups in total. The smallest absolute Gasteiger partial charge is 0.305 e. The third kappa shape index (κ3) is 3.23. The summed E-state index contributed by atoms with van der Waals surface area (Å²) >= 11 is 1.84. The summed E-state index contributed by atoms with van der Waals surface area (Å²) in [4.78, 5) is 11.8. The molecule has 1 aromatic rings. The highest BCUT2D eigenvalue weighted by Gasteiger charge is 2.21. The molecule has 0 saturated heterocycles. The fraction of sp³-hybridized carbons (Fsp3) is 0.462. The Bertz CT molecular complexity index is 404. The molecule has 2 rings (SSSR count).